The zero-order valence-corrected chi connectivity index (χ0v) is 11.7. The second kappa shape index (κ2) is 9.35. The average molecular weight is 252 g/mol. The fraction of sp³-hybridized carbons (Fsp3) is 0.750. The van der Waals surface area contributed by atoms with Crippen molar-refractivity contribution in [3.05, 3.63) is 25.3 Å². The van der Waals surface area contributed by atoms with Crippen molar-refractivity contribution in [2.24, 2.45) is 0 Å². The van der Waals surface area contributed by atoms with E-state index in [1.165, 1.54) is 19.3 Å². The summed E-state index contributed by atoms with van der Waals surface area (Å²) < 4.78 is 12.1. The van der Waals surface area contributed by atoms with Crippen LogP contribution in [-0.4, -0.2) is 19.0 Å². The molecular weight excluding hydrogens is 224 g/mol. The quantitative estimate of drug-likeness (QED) is 0.321. The van der Waals surface area contributed by atoms with Gasteiger partial charge in [-0.1, -0.05) is 18.6 Å². The van der Waals surface area contributed by atoms with Gasteiger partial charge in [0.2, 0.25) is 0 Å². The Hall–Kier alpha value is -0.600. The Morgan fingerprint density at radius 2 is 1.33 bits per heavy atom. The molecule has 0 saturated heterocycles. The van der Waals surface area contributed by atoms with E-state index >= 15 is 0 Å². The van der Waals surface area contributed by atoms with Crippen molar-refractivity contribution in [3.8, 4) is 0 Å². The summed E-state index contributed by atoms with van der Waals surface area (Å²) in [6.45, 7) is 9.04. The van der Waals surface area contributed by atoms with Gasteiger partial charge in [-0.15, -0.1) is 13.2 Å². The number of allylic oxidation sites excluding steroid dienone is 2. The van der Waals surface area contributed by atoms with E-state index in [0.29, 0.717) is 0 Å². The summed E-state index contributed by atoms with van der Waals surface area (Å²) >= 11 is 0. The molecule has 0 unspecified atom stereocenters. The van der Waals surface area contributed by atoms with Gasteiger partial charge in [0, 0.05) is 12.8 Å². The van der Waals surface area contributed by atoms with Crippen LogP contribution in [0.1, 0.15) is 57.8 Å². The van der Waals surface area contributed by atoms with Crippen LogP contribution in [0.25, 0.3) is 0 Å². The molecule has 0 bridgehead atoms. The molecule has 104 valence electrons. The second-order valence-corrected chi connectivity index (χ2v) is 5.03. The minimum absolute atomic E-state index is 0.291. The molecule has 1 fully saturated rings. The molecule has 0 atom stereocenters. The lowest BCUT2D eigenvalue weighted by Crippen LogP contribution is -2.38. The summed E-state index contributed by atoms with van der Waals surface area (Å²) in [7, 11) is 0. The molecule has 0 spiro atoms. The lowest BCUT2D eigenvalue weighted by Gasteiger charge is -2.37. The summed E-state index contributed by atoms with van der Waals surface area (Å²) in [5.74, 6) is -0.291. The summed E-state index contributed by atoms with van der Waals surface area (Å²) in [4.78, 5) is 0. The van der Waals surface area contributed by atoms with Crippen molar-refractivity contribution in [2.45, 2.75) is 63.6 Å². The number of rotatable bonds is 10. The second-order valence-electron chi connectivity index (χ2n) is 5.03. The maximum Gasteiger partial charge on any atom is 0.168 e. The topological polar surface area (TPSA) is 18.5 Å². The maximum atomic E-state index is 6.06. The zero-order chi connectivity index (χ0) is 13.1. The molecular formula is C16H28O2. The van der Waals surface area contributed by atoms with E-state index in [-0.39, 0.29) is 5.79 Å². The molecule has 1 rings (SSSR count). The number of hydrogen-bond donors (Lipinski definition) is 0. The van der Waals surface area contributed by atoms with Crippen molar-refractivity contribution in [3.63, 3.8) is 0 Å². The summed E-state index contributed by atoms with van der Waals surface area (Å²) in [5.41, 5.74) is 0. The number of unbranched alkanes of at least 4 members (excludes halogenated alkanes) is 2. The van der Waals surface area contributed by atoms with Crippen molar-refractivity contribution < 1.29 is 9.47 Å². The molecule has 1 aliphatic rings. The Morgan fingerprint density at radius 3 is 1.78 bits per heavy atom. The fourth-order valence-electron chi connectivity index (χ4n) is 2.39. The van der Waals surface area contributed by atoms with Crippen LogP contribution in [0.2, 0.25) is 0 Å². The highest BCUT2D eigenvalue weighted by Gasteiger charge is 2.33. The third-order valence-corrected chi connectivity index (χ3v) is 3.45. The molecule has 0 aromatic heterocycles. The highest BCUT2D eigenvalue weighted by Crippen LogP contribution is 2.33. The predicted molar refractivity (Wildman–Crippen MR) is 76.6 cm³/mol. The van der Waals surface area contributed by atoms with Crippen molar-refractivity contribution in [1.82, 2.24) is 0 Å². The Bertz CT molecular complexity index is 211. The third-order valence-electron chi connectivity index (χ3n) is 3.45. The highest BCUT2D eigenvalue weighted by molar-refractivity contribution is 4.76. The molecule has 2 nitrogen and oxygen atoms in total. The lowest BCUT2D eigenvalue weighted by atomic mass is 9.94. The lowest BCUT2D eigenvalue weighted by molar-refractivity contribution is -0.253. The first kappa shape index (κ1) is 15.5. The number of ether oxygens (including phenoxy) is 2. The molecule has 0 heterocycles. The van der Waals surface area contributed by atoms with E-state index < -0.39 is 0 Å². The summed E-state index contributed by atoms with van der Waals surface area (Å²) in [6, 6.07) is 0. The van der Waals surface area contributed by atoms with E-state index in [1.807, 2.05) is 12.2 Å². The van der Waals surface area contributed by atoms with E-state index in [9.17, 15) is 0 Å². The van der Waals surface area contributed by atoms with Crippen LogP contribution >= 0.6 is 0 Å². The molecule has 0 radical (unpaired) electrons. The van der Waals surface area contributed by atoms with Gasteiger partial charge in [-0.05, 0) is 38.5 Å². The van der Waals surface area contributed by atoms with E-state index in [2.05, 4.69) is 13.2 Å². The van der Waals surface area contributed by atoms with Gasteiger partial charge in [0.05, 0.1) is 13.2 Å². The van der Waals surface area contributed by atoms with Gasteiger partial charge in [0.1, 0.15) is 0 Å². The Kier molecular flexibility index (Phi) is 8.03. The fourth-order valence-corrected chi connectivity index (χ4v) is 2.39. The largest absolute Gasteiger partial charge is 0.350 e. The normalized spacial score (nSPS) is 18.4. The SMILES string of the molecule is C=CCCCOC1(OCCCC=C)CCCCC1. The summed E-state index contributed by atoms with van der Waals surface area (Å²) in [6.07, 6.45) is 13.9. The van der Waals surface area contributed by atoms with Crippen molar-refractivity contribution >= 4 is 0 Å². The molecule has 18 heavy (non-hydrogen) atoms. The molecule has 1 aliphatic carbocycles. The minimum Gasteiger partial charge on any atom is -0.350 e. The first-order chi connectivity index (χ1) is 8.83. The monoisotopic (exact) mass is 252 g/mol. The van der Waals surface area contributed by atoms with E-state index in [0.717, 1.165) is 51.7 Å². The van der Waals surface area contributed by atoms with Crippen LogP contribution in [0.5, 0.6) is 0 Å². The van der Waals surface area contributed by atoms with Crippen LogP contribution in [-0.2, 0) is 9.47 Å². The molecule has 0 amide bonds. The number of hydrogen-bond acceptors (Lipinski definition) is 2. The molecule has 0 N–H and O–H groups in total. The van der Waals surface area contributed by atoms with Crippen molar-refractivity contribution in [1.29, 1.82) is 0 Å². The van der Waals surface area contributed by atoms with Gasteiger partial charge in [-0.2, -0.15) is 0 Å². The average Bonchev–Trinajstić information content (AvgIpc) is 2.41. The van der Waals surface area contributed by atoms with Crippen molar-refractivity contribution in [2.75, 3.05) is 13.2 Å². The van der Waals surface area contributed by atoms with Gasteiger partial charge in [-0.3, -0.25) is 0 Å². The zero-order valence-electron chi connectivity index (χ0n) is 11.7. The van der Waals surface area contributed by atoms with Gasteiger partial charge < -0.3 is 9.47 Å². The molecule has 0 aromatic carbocycles. The predicted octanol–water partition coefficient (Wildman–Crippen LogP) is 4.61. The maximum absolute atomic E-state index is 6.06. The Balaban J connectivity index is 2.31. The molecule has 1 saturated carbocycles. The molecule has 0 aromatic rings. The van der Waals surface area contributed by atoms with E-state index in [1.54, 1.807) is 0 Å². The van der Waals surface area contributed by atoms with Crippen LogP contribution < -0.4 is 0 Å². The first-order valence-corrected chi connectivity index (χ1v) is 7.33. The first-order valence-electron chi connectivity index (χ1n) is 7.33. The standard InChI is InChI=1S/C16H28O2/c1-3-5-10-14-17-16(12-8-7-9-13-16)18-15-11-6-4-2/h3-4H,1-2,5-15H2. The van der Waals surface area contributed by atoms with Gasteiger partial charge >= 0.3 is 0 Å². The third kappa shape index (κ3) is 5.83. The van der Waals surface area contributed by atoms with Crippen LogP contribution in [0.3, 0.4) is 0 Å². The molecule has 0 aliphatic heterocycles. The highest BCUT2D eigenvalue weighted by atomic mass is 16.7. The van der Waals surface area contributed by atoms with Gasteiger partial charge in [-0.25, -0.2) is 0 Å². The van der Waals surface area contributed by atoms with Crippen LogP contribution in [0, 0.1) is 0 Å². The Morgan fingerprint density at radius 1 is 0.833 bits per heavy atom. The van der Waals surface area contributed by atoms with Crippen LogP contribution in [0.4, 0.5) is 0 Å². The van der Waals surface area contributed by atoms with Crippen LogP contribution in [0.15, 0.2) is 25.3 Å². The van der Waals surface area contributed by atoms with Gasteiger partial charge in [0.25, 0.3) is 0 Å². The summed E-state index contributed by atoms with van der Waals surface area (Å²) in [5, 5.41) is 0. The minimum atomic E-state index is -0.291. The van der Waals surface area contributed by atoms with E-state index in [4.69, 9.17) is 9.47 Å². The van der Waals surface area contributed by atoms with Gasteiger partial charge in [0.15, 0.2) is 5.79 Å². The smallest absolute Gasteiger partial charge is 0.168 e. The molecule has 2 heteroatoms. The Labute approximate surface area is 112 Å².